The first-order valence-corrected chi connectivity index (χ1v) is 10.7. The molecule has 4 aliphatic rings. The third-order valence-corrected chi connectivity index (χ3v) is 7.07. The van der Waals surface area contributed by atoms with E-state index in [9.17, 15) is 4.79 Å². The second-order valence-corrected chi connectivity index (χ2v) is 9.38. The van der Waals surface area contributed by atoms with Crippen LogP contribution in [0.2, 0.25) is 0 Å². The van der Waals surface area contributed by atoms with Crippen molar-refractivity contribution in [2.75, 3.05) is 31.6 Å². The van der Waals surface area contributed by atoms with Crippen LogP contribution in [0.15, 0.2) is 35.6 Å². The van der Waals surface area contributed by atoms with Crippen molar-refractivity contribution < 1.29 is 9.53 Å². The molecule has 7 heteroatoms. The van der Waals surface area contributed by atoms with Gasteiger partial charge in [-0.3, -0.25) is 4.79 Å². The molecule has 0 bridgehead atoms. The molecule has 1 aromatic carbocycles. The van der Waals surface area contributed by atoms with E-state index in [-0.39, 0.29) is 16.9 Å². The minimum absolute atomic E-state index is 0.00513. The molecule has 1 saturated carbocycles. The maximum atomic E-state index is 12.6. The second kappa shape index (κ2) is 6.03. The van der Waals surface area contributed by atoms with Gasteiger partial charge in [0.15, 0.2) is 0 Å². The number of anilines is 1. The monoisotopic (exact) mass is 403 g/mol. The van der Waals surface area contributed by atoms with Gasteiger partial charge >= 0.3 is 0 Å². The number of ether oxygens (including phenoxy) is 1. The number of rotatable bonds is 4. The van der Waals surface area contributed by atoms with E-state index in [1.807, 2.05) is 30.1 Å². The lowest BCUT2D eigenvalue weighted by Crippen LogP contribution is -2.35. The van der Waals surface area contributed by atoms with Crippen LogP contribution in [-0.2, 0) is 4.79 Å². The highest BCUT2D eigenvalue weighted by molar-refractivity contribution is 6.21. The van der Waals surface area contributed by atoms with E-state index in [0.29, 0.717) is 0 Å². The van der Waals surface area contributed by atoms with Crippen molar-refractivity contribution in [3.8, 4) is 5.75 Å². The molecular formula is C23H25N5O2. The number of likely N-dealkylation sites (tertiary alicyclic amines) is 1. The second-order valence-electron chi connectivity index (χ2n) is 9.38. The number of hydrogen-bond acceptors (Lipinski definition) is 6. The van der Waals surface area contributed by atoms with Gasteiger partial charge in [-0.05, 0) is 50.8 Å². The van der Waals surface area contributed by atoms with Gasteiger partial charge in [-0.2, -0.15) is 0 Å². The largest absolute Gasteiger partial charge is 0.488 e. The van der Waals surface area contributed by atoms with Gasteiger partial charge in [0, 0.05) is 38.3 Å². The van der Waals surface area contributed by atoms with Crippen LogP contribution in [0.4, 0.5) is 11.5 Å². The van der Waals surface area contributed by atoms with Gasteiger partial charge in [0.1, 0.15) is 23.5 Å². The predicted octanol–water partition coefficient (Wildman–Crippen LogP) is 2.95. The van der Waals surface area contributed by atoms with Crippen molar-refractivity contribution >= 4 is 23.1 Å². The number of benzene rings is 1. The van der Waals surface area contributed by atoms with Crippen LogP contribution >= 0.6 is 0 Å². The summed E-state index contributed by atoms with van der Waals surface area (Å²) < 4.78 is 6.11. The normalized spacial score (nSPS) is 25.9. The average molecular weight is 403 g/mol. The van der Waals surface area contributed by atoms with Crippen LogP contribution < -0.4 is 9.64 Å². The van der Waals surface area contributed by atoms with Gasteiger partial charge in [-0.1, -0.05) is 0 Å². The summed E-state index contributed by atoms with van der Waals surface area (Å²) in [6.07, 6.45) is 5.63. The highest BCUT2D eigenvalue weighted by atomic mass is 16.5. The maximum Gasteiger partial charge on any atom is 0.230 e. The zero-order valence-corrected chi connectivity index (χ0v) is 17.4. The van der Waals surface area contributed by atoms with Crippen LogP contribution in [0.5, 0.6) is 5.75 Å². The molecule has 1 amide bonds. The van der Waals surface area contributed by atoms with Gasteiger partial charge in [-0.25, -0.2) is 15.0 Å². The number of amides is 1. The molecule has 1 atom stereocenters. The van der Waals surface area contributed by atoms with E-state index in [2.05, 4.69) is 32.9 Å². The van der Waals surface area contributed by atoms with Crippen molar-refractivity contribution in [1.82, 2.24) is 14.9 Å². The summed E-state index contributed by atoms with van der Waals surface area (Å²) in [6.45, 7) is 4.56. The van der Waals surface area contributed by atoms with E-state index < -0.39 is 0 Å². The molecule has 2 aromatic rings. The van der Waals surface area contributed by atoms with E-state index in [4.69, 9.17) is 4.74 Å². The van der Waals surface area contributed by atoms with Crippen molar-refractivity contribution in [2.45, 2.75) is 38.2 Å². The molecule has 1 unspecified atom stereocenters. The third-order valence-electron chi connectivity index (χ3n) is 7.07. The zero-order chi connectivity index (χ0) is 20.5. The average Bonchev–Trinajstić information content (AvgIpc) is 3.18. The number of carbonyl (C=O) groups excluding carboxylic acids is 1. The number of aromatic nitrogens is 2. The van der Waals surface area contributed by atoms with Gasteiger partial charge in [0.25, 0.3) is 0 Å². The summed E-state index contributed by atoms with van der Waals surface area (Å²) >= 11 is 0. The molecule has 1 aliphatic carbocycles. The fourth-order valence-corrected chi connectivity index (χ4v) is 4.84. The summed E-state index contributed by atoms with van der Waals surface area (Å²) in [5.74, 6) is 2.03. The molecule has 7 nitrogen and oxygen atoms in total. The maximum absolute atomic E-state index is 12.6. The predicted molar refractivity (Wildman–Crippen MR) is 114 cm³/mol. The van der Waals surface area contributed by atoms with Crippen molar-refractivity contribution in [3.05, 3.63) is 41.9 Å². The van der Waals surface area contributed by atoms with Crippen LogP contribution in [0, 0.1) is 5.41 Å². The number of aliphatic imine (C=N–C) groups is 1. The lowest BCUT2D eigenvalue weighted by Gasteiger charge is -2.24. The fraction of sp³-hybridized carbons (Fsp3) is 0.478. The van der Waals surface area contributed by atoms with E-state index in [1.54, 1.807) is 6.33 Å². The lowest BCUT2D eigenvalue weighted by atomic mass is 9.86. The molecule has 154 valence electrons. The summed E-state index contributed by atoms with van der Waals surface area (Å²) in [6, 6.07) is 8.07. The number of hydrogen-bond donors (Lipinski definition) is 0. The third kappa shape index (κ3) is 2.71. The molecule has 4 heterocycles. The summed E-state index contributed by atoms with van der Waals surface area (Å²) in [4.78, 5) is 30.4. The first kappa shape index (κ1) is 17.9. The van der Waals surface area contributed by atoms with Crippen molar-refractivity contribution in [1.29, 1.82) is 0 Å². The van der Waals surface area contributed by atoms with Gasteiger partial charge in [0.2, 0.25) is 5.91 Å². The minimum Gasteiger partial charge on any atom is -0.488 e. The molecule has 1 spiro atoms. The first-order chi connectivity index (χ1) is 14.4. The Morgan fingerprint density at radius 1 is 1.07 bits per heavy atom. The van der Waals surface area contributed by atoms with Crippen LogP contribution in [0.3, 0.4) is 0 Å². The molecular weight excluding hydrogens is 378 g/mol. The highest BCUT2D eigenvalue weighted by Crippen LogP contribution is 2.43. The van der Waals surface area contributed by atoms with Crippen molar-refractivity contribution in [3.63, 3.8) is 0 Å². The summed E-state index contributed by atoms with van der Waals surface area (Å²) in [5, 5.41) is 0. The Balaban J connectivity index is 1.23. The van der Waals surface area contributed by atoms with Gasteiger partial charge in [0.05, 0.1) is 22.5 Å². The lowest BCUT2D eigenvalue weighted by molar-refractivity contribution is -0.134. The van der Waals surface area contributed by atoms with Crippen LogP contribution in [0.25, 0.3) is 0 Å². The highest BCUT2D eigenvalue weighted by Gasteiger charge is 2.50. The number of nitrogens with zero attached hydrogens (tertiary/aromatic N) is 5. The quantitative estimate of drug-likeness (QED) is 0.670. The number of fused-ring (bicyclic) bond motifs is 1. The summed E-state index contributed by atoms with van der Waals surface area (Å²) in [7, 11) is 1.90. The van der Waals surface area contributed by atoms with Crippen molar-refractivity contribution in [2.24, 2.45) is 10.4 Å². The molecule has 1 aromatic heterocycles. The fourth-order valence-electron chi connectivity index (χ4n) is 4.84. The van der Waals surface area contributed by atoms with E-state index in [0.717, 1.165) is 79.5 Å². The Labute approximate surface area is 175 Å². The molecule has 6 rings (SSSR count). The topological polar surface area (TPSA) is 70.9 Å². The molecule has 0 N–H and O–H groups in total. The Morgan fingerprint density at radius 3 is 2.67 bits per heavy atom. The molecule has 0 radical (unpaired) electrons. The Morgan fingerprint density at radius 2 is 1.90 bits per heavy atom. The zero-order valence-electron chi connectivity index (χ0n) is 17.4. The van der Waals surface area contributed by atoms with Gasteiger partial charge < -0.3 is 14.5 Å². The Hall–Kier alpha value is -2.96. The summed E-state index contributed by atoms with van der Waals surface area (Å²) in [5.41, 5.74) is 3.49. The molecule has 3 fully saturated rings. The smallest absolute Gasteiger partial charge is 0.230 e. The standard InChI is InChI=1S/C23H25N5O2/c1-22(5-6-22)30-15-3-4-17-16(11-15)20(26-17)18-12-19(25-14-24-18)28-10-8-23(13-28)7-9-27(2)21(23)29/h3-4,11-12,14H,5-10,13H2,1-2H3. The number of carbonyl (C=O) groups is 1. The molecule has 30 heavy (non-hydrogen) atoms. The van der Waals surface area contributed by atoms with Crippen LogP contribution in [0.1, 0.15) is 43.9 Å². The Kier molecular flexibility index (Phi) is 3.59. The van der Waals surface area contributed by atoms with Crippen LogP contribution in [-0.4, -0.2) is 58.8 Å². The molecule has 2 saturated heterocycles. The Bertz CT molecular complexity index is 1090. The first-order valence-electron chi connectivity index (χ1n) is 10.7. The minimum atomic E-state index is -0.244. The van der Waals surface area contributed by atoms with Gasteiger partial charge in [-0.15, -0.1) is 0 Å². The molecule has 3 aliphatic heterocycles. The SMILES string of the molecule is CN1CCC2(CCN(c3cc(C4=Nc5ccc(OC6(C)CC6)cc54)ncn3)C2)C1=O. The van der Waals surface area contributed by atoms with E-state index in [1.165, 1.54) is 0 Å². The van der Waals surface area contributed by atoms with E-state index >= 15 is 0 Å².